The van der Waals surface area contributed by atoms with Crippen LogP contribution in [-0.4, -0.2) is 32.6 Å². The van der Waals surface area contributed by atoms with E-state index in [0.717, 1.165) is 0 Å². The molecule has 2 heterocycles. The van der Waals surface area contributed by atoms with Gasteiger partial charge in [0.15, 0.2) is 5.69 Å². The lowest BCUT2D eigenvalue weighted by atomic mass is 10.2. The molecule has 0 unspecified atom stereocenters. The third-order valence-electron chi connectivity index (χ3n) is 2.86. The summed E-state index contributed by atoms with van der Waals surface area (Å²) in [6.45, 7) is 0. The molecule has 7 nitrogen and oxygen atoms in total. The van der Waals surface area contributed by atoms with Gasteiger partial charge in [0.1, 0.15) is 16.9 Å². The molecule has 0 fully saturated rings. The van der Waals surface area contributed by atoms with Gasteiger partial charge in [0, 0.05) is 11.6 Å². The topological polar surface area (TPSA) is 103 Å². The third kappa shape index (κ3) is 1.55. The van der Waals surface area contributed by atoms with Gasteiger partial charge in [0.05, 0.1) is 7.11 Å². The van der Waals surface area contributed by atoms with Gasteiger partial charge in [-0.05, 0) is 12.1 Å². The van der Waals surface area contributed by atoms with E-state index < -0.39 is 5.97 Å². The van der Waals surface area contributed by atoms with Crippen LogP contribution in [0, 0.1) is 0 Å². The largest absolute Gasteiger partial charge is 0.494 e. The summed E-state index contributed by atoms with van der Waals surface area (Å²) in [6, 6.07) is 5.33. The number of carbonyl (C=O) groups is 1. The number of hydrogen-bond acceptors (Lipinski definition) is 5. The van der Waals surface area contributed by atoms with Crippen molar-refractivity contribution in [3.05, 3.63) is 30.1 Å². The van der Waals surface area contributed by atoms with Crippen LogP contribution in [0.4, 0.5) is 5.95 Å². The minimum atomic E-state index is -1.11. The highest BCUT2D eigenvalue weighted by Crippen LogP contribution is 2.27. The van der Waals surface area contributed by atoms with Crippen LogP contribution in [0.2, 0.25) is 0 Å². The second kappa shape index (κ2) is 3.84. The normalized spacial score (nSPS) is 11.0. The fourth-order valence-corrected chi connectivity index (χ4v) is 2.00. The Bertz CT molecular complexity index is 809. The molecular weight excluding hydrogens is 248 g/mol. The van der Waals surface area contributed by atoms with E-state index in [-0.39, 0.29) is 11.6 Å². The summed E-state index contributed by atoms with van der Waals surface area (Å²) in [5.41, 5.74) is 6.74. The summed E-state index contributed by atoms with van der Waals surface area (Å²) in [4.78, 5) is 19.3. The average Bonchev–Trinajstić information content (AvgIpc) is 2.84. The van der Waals surface area contributed by atoms with E-state index >= 15 is 0 Å². The van der Waals surface area contributed by atoms with Crippen molar-refractivity contribution in [2.24, 2.45) is 0 Å². The average molecular weight is 258 g/mol. The Morgan fingerprint density at radius 2 is 2.21 bits per heavy atom. The van der Waals surface area contributed by atoms with Gasteiger partial charge in [-0.1, -0.05) is 6.07 Å². The van der Waals surface area contributed by atoms with Crippen LogP contribution >= 0.6 is 0 Å². The Labute approximate surface area is 107 Å². The highest BCUT2D eigenvalue weighted by Gasteiger charge is 2.15. The zero-order chi connectivity index (χ0) is 13.6. The molecule has 3 aromatic rings. The summed E-state index contributed by atoms with van der Waals surface area (Å²) < 4.78 is 6.66. The van der Waals surface area contributed by atoms with Crippen molar-refractivity contribution in [1.29, 1.82) is 0 Å². The van der Waals surface area contributed by atoms with Gasteiger partial charge < -0.3 is 15.6 Å². The van der Waals surface area contributed by atoms with E-state index in [1.165, 1.54) is 17.7 Å². The number of rotatable bonds is 2. The van der Waals surface area contributed by atoms with Gasteiger partial charge in [0.25, 0.3) is 0 Å². The molecule has 7 heteroatoms. The standard InChI is InChI=1S/C12H10N4O3/c1-19-8-4-2-3-6-9(8)15-12(13)16-5-7(11(17)18)14-10(6)16/h2-5H,1H3,(H2,13,15)(H,17,18). The van der Waals surface area contributed by atoms with Crippen molar-refractivity contribution < 1.29 is 14.6 Å². The lowest BCUT2D eigenvalue weighted by Gasteiger charge is -2.07. The van der Waals surface area contributed by atoms with Crippen molar-refractivity contribution >= 4 is 28.5 Å². The fourth-order valence-electron chi connectivity index (χ4n) is 2.00. The van der Waals surface area contributed by atoms with Crippen LogP contribution < -0.4 is 10.5 Å². The number of nitrogen functional groups attached to an aromatic ring is 1. The van der Waals surface area contributed by atoms with Crippen LogP contribution in [0.3, 0.4) is 0 Å². The summed E-state index contributed by atoms with van der Waals surface area (Å²) >= 11 is 0. The molecule has 0 aliphatic heterocycles. The van der Waals surface area contributed by atoms with Crippen LogP contribution in [0.1, 0.15) is 10.5 Å². The molecule has 0 saturated carbocycles. The van der Waals surface area contributed by atoms with Gasteiger partial charge in [-0.3, -0.25) is 4.40 Å². The summed E-state index contributed by atoms with van der Waals surface area (Å²) in [5, 5.41) is 9.67. The monoisotopic (exact) mass is 258 g/mol. The first-order chi connectivity index (χ1) is 9.11. The molecular formula is C12H10N4O3. The number of imidazole rings is 1. The van der Waals surface area contributed by atoms with Crippen molar-refractivity contribution in [2.45, 2.75) is 0 Å². The Morgan fingerprint density at radius 1 is 1.42 bits per heavy atom. The van der Waals surface area contributed by atoms with E-state index in [9.17, 15) is 4.79 Å². The number of anilines is 1. The van der Waals surface area contributed by atoms with E-state index in [1.807, 2.05) is 0 Å². The van der Waals surface area contributed by atoms with Gasteiger partial charge in [-0.25, -0.2) is 14.8 Å². The lowest BCUT2D eigenvalue weighted by molar-refractivity contribution is 0.0691. The highest BCUT2D eigenvalue weighted by molar-refractivity contribution is 5.97. The second-order valence-electron chi connectivity index (χ2n) is 3.95. The first kappa shape index (κ1) is 11.3. The maximum atomic E-state index is 11.0. The minimum absolute atomic E-state index is 0.0798. The molecule has 96 valence electrons. The Balaban J connectivity index is 2.48. The minimum Gasteiger partial charge on any atom is -0.494 e. The third-order valence-corrected chi connectivity index (χ3v) is 2.86. The number of nitrogens with two attached hydrogens (primary N) is 1. The number of nitrogens with zero attached hydrogens (tertiary/aromatic N) is 3. The molecule has 0 bridgehead atoms. The number of methoxy groups -OCH3 is 1. The fraction of sp³-hybridized carbons (Fsp3) is 0.0833. The Kier molecular flexibility index (Phi) is 2.28. The predicted molar refractivity (Wildman–Crippen MR) is 68.4 cm³/mol. The quantitative estimate of drug-likeness (QED) is 0.715. The summed E-state index contributed by atoms with van der Waals surface area (Å²) in [7, 11) is 1.53. The number of aromatic nitrogens is 3. The molecule has 2 aromatic heterocycles. The number of fused-ring (bicyclic) bond motifs is 3. The number of benzene rings is 1. The van der Waals surface area contributed by atoms with E-state index in [1.54, 1.807) is 18.2 Å². The number of para-hydroxylation sites is 1. The van der Waals surface area contributed by atoms with Gasteiger partial charge in [-0.15, -0.1) is 0 Å². The van der Waals surface area contributed by atoms with Gasteiger partial charge >= 0.3 is 5.97 Å². The maximum absolute atomic E-state index is 11.0. The zero-order valence-corrected chi connectivity index (χ0v) is 9.99. The first-order valence-corrected chi connectivity index (χ1v) is 5.46. The summed E-state index contributed by atoms with van der Waals surface area (Å²) in [5.74, 6) is -0.391. The molecule has 1 aromatic carbocycles. The molecule has 3 N–H and O–H groups in total. The zero-order valence-electron chi connectivity index (χ0n) is 9.99. The number of ether oxygens (including phenoxy) is 1. The lowest BCUT2D eigenvalue weighted by Crippen LogP contribution is -2.01. The van der Waals surface area contributed by atoms with Gasteiger partial charge in [0.2, 0.25) is 5.95 Å². The smallest absolute Gasteiger partial charge is 0.356 e. The number of carboxylic acids is 1. The molecule has 0 spiro atoms. The molecule has 19 heavy (non-hydrogen) atoms. The molecule has 0 amide bonds. The van der Waals surface area contributed by atoms with E-state index in [0.29, 0.717) is 22.3 Å². The number of aromatic carboxylic acids is 1. The van der Waals surface area contributed by atoms with Crippen LogP contribution in [0.5, 0.6) is 5.75 Å². The Hall–Kier alpha value is -2.83. The van der Waals surface area contributed by atoms with Crippen LogP contribution in [0.15, 0.2) is 24.4 Å². The highest BCUT2D eigenvalue weighted by atomic mass is 16.5. The SMILES string of the molecule is COc1cccc2c1nc(N)n1cc(C(=O)O)nc21. The van der Waals surface area contributed by atoms with Crippen molar-refractivity contribution in [3.63, 3.8) is 0 Å². The number of hydrogen-bond donors (Lipinski definition) is 2. The van der Waals surface area contributed by atoms with Crippen molar-refractivity contribution in [2.75, 3.05) is 12.8 Å². The Morgan fingerprint density at radius 3 is 2.89 bits per heavy atom. The molecule has 0 saturated heterocycles. The van der Waals surface area contributed by atoms with Crippen LogP contribution in [-0.2, 0) is 0 Å². The van der Waals surface area contributed by atoms with E-state index in [4.69, 9.17) is 15.6 Å². The van der Waals surface area contributed by atoms with E-state index in [2.05, 4.69) is 9.97 Å². The molecule has 0 aliphatic rings. The van der Waals surface area contributed by atoms with Crippen molar-refractivity contribution in [3.8, 4) is 5.75 Å². The maximum Gasteiger partial charge on any atom is 0.356 e. The summed E-state index contributed by atoms with van der Waals surface area (Å²) in [6.07, 6.45) is 1.35. The number of carboxylic acid groups (broad SMARTS) is 1. The molecule has 0 atom stereocenters. The molecule has 0 radical (unpaired) electrons. The first-order valence-electron chi connectivity index (χ1n) is 5.46. The molecule has 3 rings (SSSR count). The van der Waals surface area contributed by atoms with Crippen molar-refractivity contribution in [1.82, 2.24) is 14.4 Å². The molecule has 0 aliphatic carbocycles. The second-order valence-corrected chi connectivity index (χ2v) is 3.95. The van der Waals surface area contributed by atoms with Gasteiger partial charge in [-0.2, -0.15) is 0 Å². The van der Waals surface area contributed by atoms with Crippen LogP contribution in [0.25, 0.3) is 16.6 Å². The predicted octanol–water partition coefficient (Wildman–Crippen LogP) is 1.17.